The number of hydrogen-bond acceptors (Lipinski definition) is 5. The minimum atomic E-state index is -0.398. The Morgan fingerprint density at radius 2 is 1.92 bits per heavy atom. The fourth-order valence-electron chi connectivity index (χ4n) is 2.49. The number of thiophene rings is 1. The number of hydrogen-bond donors (Lipinski definition) is 1. The highest BCUT2D eigenvalue weighted by molar-refractivity contribution is 7.20. The Hall–Kier alpha value is -2.47. The van der Waals surface area contributed by atoms with Gasteiger partial charge in [-0.1, -0.05) is 43.7 Å². The van der Waals surface area contributed by atoms with Gasteiger partial charge in [-0.15, -0.1) is 11.3 Å². The van der Waals surface area contributed by atoms with Crippen molar-refractivity contribution in [1.82, 2.24) is 9.97 Å². The lowest BCUT2D eigenvalue weighted by molar-refractivity contribution is 0.0464. The molecule has 0 spiro atoms. The van der Waals surface area contributed by atoms with Crippen LogP contribution in [0.3, 0.4) is 0 Å². The summed E-state index contributed by atoms with van der Waals surface area (Å²) in [5, 5.41) is 0.456. The largest absolute Gasteiger partial charge is 0.461 e. The van der Waals surface area contributed by atoms with E-state index in [1.807, 2.05) is 45.0 Å². The molecule has 0 radical (unpaired) electrons. The summed E-state index contributed by atoms with van der Waals surface area (Å²) in [6, 6.07) is 7.76. The first kappa shape index (κ1) is 17.4. The minimum Gasteiger partial charge on any atom is -0.461 e. The SMILES string of the molecule is Cc1ccc(-c2nc3sc(C(=O)OCC(C)C)c(C)c3c(=O)[nH]2)cc1. The Morgan fingerprint density at radius 3 is 2.56 bits per heavy atom. The first-order valence-corrected chi connectivity index (χ1v) is 8.96. The van der Waals surface area contributed by atoms with Gasteiger partial charge in [-0.2, -0.15) is 0 Å². The number of H-pyrrole nitrogens is 1. The third-order valence-corrected chi connectivity index (χ3v) is 5.02. The first-order chi connectivity index (χ1) is 11.9. The number of carbonyl (C=O) groups excluding carboxylic acids is 1. The van der Waals surface area contributed by atoms with E-state index < -0.39 is 5.97 Å². The molecule has 2 aromatic heterocycles. The van der Waals surface area contributed by atoms with Crippen LogP contribution in [0.1, 0.15) is 34.6 Å². The van der Waals surface area contributed by atoms with E-state index in [2.05, 4.69) is 9.97 Å². The molecular formula is C19H20N2O3S. The highest BCUT2D eigenvalue weighted by atomic mass is 32.1. The lowest BCUT2D eigenvalue weighted by atomic mass is 10.1. The predicted octanol–water partition coefficient (Wildman–Crippen LogP) is 4.08. The van der Waals surface area contributed by atoms with E-state index in [1.54, 1.807) is 6.92 Å². The molecule has 0 amide bonds. The molecule has 0 aliphatic heterocycles. The Labute approximate surface area is 149 Å². The molecule has 25 heavy (non-hydrogen) atoms. The van der Waals surface area contributed by atoms with Crippen molar-refractivity contribution >= 4 is 27.5 Å². The van der Waals surface area contributed by atoms with E-state index in [0.717, 1.165) is 11.1 Å². The van der Waals surface area contributed by atoms with Crippen LogP contribution in [0.4, 0.5) is 0 Å². The van der Waals surface area contributed by atoms with Crippen molar-refractivity contribution in [2.24, 2.45) is 5.92 Å². The number of aryl methyl sites for hydroxylation is 2. The maximum absolute atomic E-state index is 12.5. The summed E-state index contributed by atoms with van der Waals surface area (Å²) in [4.78, 5) is 33.2. The number of esters is 1. The summed E-state index contributed by atoms with van der Waals surface area (Å²) in [7, 11) is 0. The zero-order chi connectivity index (χ0) is 18.1. The second-order valence-electron chi connectivity index (χ2n) is 6.51. The Morgan fingerprint density at radius 1 is 1.24 bits per heavy atom. The second-order valence-corrected chi connectivity index (χ2v) is 7.51. The van der Waals surface area contributed by atoms with Gasteiger partial charge in [0.25, 0.3) is 5.56 Å². The zero-order valence-electron chi connectivity index (χ0n) is 14.7. The molecule has 2 heterocycles. The number of aromatic nitrogens is 2. The number of nitrogens with zero attached hydrogens (tertiary/aromatic N) is 1. The van der Waals surface area contributed by atoms with E-state index in [4.69, 9.17) is 4.74 Å². The third kappa shape index (κ3) is 3.49. The van der Waals surface area contributed by atoms with Crippen molar-refractivity contribution in [2.75, 3.05) is 6.61 Å². The first-order valence-electron chi connectivity index (χ1n) is 8.14. The molecule has 0 saturated carbocycles. The summed E-state index contributed by atoms with van der Waals surface area (Å²) in [6.45, 7) is 8.06. The van der Waals surface area contributed by atoms with Crippen LogP contribution in [-0.4, -0.2) is 22.5 Å². The van der Waals surface area contributed by atoms with E-state index in [9.17, 15) is 9.59 Å². The highest BCUT2D eigenvalue weighted by Crippen LogP contribution is 2.29. The molecule has 1 N–H and O–H groups in total. The average Bonchev–Trinajstić information content (AvgIpc) is 2.90. The average molecular weight is 356 g/mol. The van der Waals surface area contributed by atoms with Crippen molar-refractivity contribution in [2.45, 2.75) is 27.7 Å². The molecular weight excluding hydrogens is 336 g/mol. The van der Waals surface area contributed by atoms with Gasteiger partial charge in [0.05, 0.1) is 12.0 Å². The maximum Gasteiger partial charge on any atom is 0.348 e. The summed E-state index contributed by atoms with van der Waals surface area (Å²) in [5.41, 5.74) is 2.35. The van der Waals surface area contributed by atoms with Crippen molar-refractivity contribution in [3.8, 4) is 11.4 Å². The summed E-state index contributed by atoms with van der Waals surface area (Å²) < 4.78 is 5.30. The fourth-order valence-corrected chi connectivity index (χ4v) is 3.57. The second kappa shape index (κ2) is 6.80. The monoisotopic (exact) mass is 356 g/mol. The van der Waals surface area contributed by atoms with E-state index in [-0.39, 0.29) is 11.5 Å². The van der Waals surface area contributed by atoms with Gasteiger partial charge in [0.15, 0.2) is 0 Å². The molecule has 6 heteroatoms. The van der Waals surface area contributed by atoms with Crippen LogP contribution in [0.2, 0.25) is 0 Å². The molecule has 0 fully saturated rings. The molecule has 1 aromatic carbocycles. The van der Waals surface area contributed by atoms with Gasteiger partial charge in [0.1, 0.15) is 15.5 Å². The zero-order valence-corrected chi connectivity index (χ0v) is 15.5. The normalized spacial score (nSPS) is 11.2. The Bertz CT molecular complexity index is 984. The molecule has 0 saturated heterocycles. The number of fused-ring (bicyclic) bond motifs is 1. The molecule has 3 aromatic rings. The van der Waals surface area contributed by atoms with Crippen LogP contribution in [0.25, 0.3) is 21.6 Å². The van der Waals surface area contributed by atoms with E-state index in [0.29, 0.717) is 33.1 Å². The summed E-state index contributed by atoms with van der Waals surface area (Å²) in [5.74, 6) is 0.361. The number of aromatic amines is 1. The van der Waals surface area contributed by atoms with Gasteiger partial charge >= 0.3 is 5.97 Å². The topological polar surface area (TPSA) is 72.0 Å². The molecule has 130 valence electrons. The van der Waals surface area contributed by atoms with Crippen molar-refractivity contribution in [3.05, 3.63) is 50.6 Å². The minimum absolute atomic E-state index is 0.239. The number of benzene rings is 1. The van der Waals surface area contributed by atoms with E-state index >= 15 is 0 Å². The standard InChI is InChI=1S/C19H20N2O3S/c1-10(2)9-24-19(23)15-12(4)14-17(22)20-16(21-18(14)25-15)13-7-5-11(3)6-8-13/h5-8,10H,9H2,1-4H3,(H,20,21,22). The van der Waals surface area contributed by atoms with Crippen LogP contribution in [0.5, 0.6) is 0 Å². The lowest BCUT2D eigenvalue weighted by Crippen LogP contribution is -2.11. The van der Waals surface area contributed by atoms with E-state index in [1.165, 1.54) is 11.3 Å². The smallest absolute Gasteiger partial charge is 0.348 e. The van der Waals surface area contributed by atoms with Crippen molar-refractivity contribution in [3.63, 3.8) is 0 Å². The van der Waals surface area contributed by atoms with Crippen LogP contribution in [-0.2, 0) is 4.74 Å². The van der Waals surface area contributed by atoms with Gasteiger partial charge < -0.3 is 9.72 Å². The molecule has 3 rings (SSSR count). The lowest BCUT2D eigenvalue weighted by Gasteiger charge is -2.05. The van der Waals surface area contributed by atoms with Crippen LogP contribution >= 0.6 is 11.3 Å². The van der Waals surface area contributed by atoms with Gasteiger partial charge in [0, 0.05) is 5.56 Å². The summed E-state index contributed by atoms with van der Waals surface area (Å²) >= 11 is 1.20. The van der Waals surface area contributed by atoms with Crippen molar-refractivity contribution in [1.29, 1.82) is 0 Å². The predicted molar refractivity (Wildman–Crippen MR) is 100 cm³/mol. The van der Waals surface area contributed by atoms with Gasteiger partial charge in [-0.05, 0) is 25.3 Å². The highest BCUT2D eigenvalue weighted by Gasteiger charge is 2.21. The number of ether oxygens (including phenoxy) is 1. The summed E-state index contributed by atoms with van der Waals surface area (Å²) in [6.07, 6.45) is 0. The van der Waals surface area contributed by atoms with Gasteiger partial charge in [-0.3, -0.25) is 4.79 Å². The quantitative estimate of drug-likeness (QED) is 0.715. The molecule has 0 unspecified atom stereocenters. The molecule has 0 bridgehead atoms. The molecule has 0 aliphatic rings. The van der Waals surface area contributed by atoms with Gasteiger partial charge in [0.2, 0.25) is 0 Å². The maximum atomic E-state index is 12.5. The van der Waals surface area contributed by atoms with Crippen LogP contribution in [0, 0.1) is 19.8 Å². The number of nitrogens with one attached hydrogen (secondary N) is 1. The van der Waals surface area contributed by atoms with Crippen LogP contribution in [0.15, 0.2) is 29.1 Å². The number of carbonyl (C=O) groups is 1. The molecule has 5 nitrogen and oxygen atoms in total. The molecule has 0 atom stereocenters. The van der Waals surface area contributed by atoms with Crippen LogP contribution < -0.4 is 5.56 Å². The fraction of sp³-hybridized carbons (Fsp3) is 0.316. The Balaban J connectivity index is 2.05. The van der Waals surface area contributed by atoms with Gasteiger partial charge in [-0.25, -0.2) is 9.78 Å². The molecule has 0 aliphatic carbocycles. The van der Waals surface area contributed by atoms with Crippen molar-refractivity contribution < 1.29 is 9.53 Å². The Kier molecular flexibility index (Phi) is 4.72. The number of rotatable bonds is 4. The third-order valence-electron chi connectivity index (χ3n) is 3.86.